The molecule has 1 aliphatic heterocycles. The minimum atomic E-state index is -0.305. The lowest BCUT2D eigenvalue weighted by Crippen LogP contribution is -2.46. The Labute approximate surface area is 109 Å². The Bertz CT molecular complexity index is 442. The van der Waals surface area contributed by atoms with Crippen LogP contribution < -0.4 is 0 Å². The summed E-state index contributed by atoms with van der Waals surface area (Å²) in [6.45, 7) is 9.40. The lowest BCUT2D eigenvalue weighted by atomic mass is 9.98. The van der Waals surface area contributed by atoms with Gasteiger partial charge in [0.15, 0.2) is 5.78 Å². The summed E-state index contributed by atoms with van der Waals surface area (Å²) in [5, 5.41) is 0. The standard InChI is InChI=1S/C15H21NO2/c1-4-16-7-8-18-14(10-16)15(17)13-6-5-11(2)9-12(13)3/h5-6,9,14H,4,7-8,10H2,1-3H3. The van der Waals surface area contributed by atoms with Gasteiger partial charge < -0.3 is 4.74 Å². The van der Waals surface area contributed by atoms with Crippen LogP contribution in [0.5, 0.6) is 0 Å². The van der Waals surface area contributed by atoms with Crippen LogP contribution in [0.3, 0.4) is 0 Å². The monoisotopic (exact) mass is 247 g/mol. The van der Waals surface area contributed by atoms with Gasteiger partial charge in [0.05, 0.1) is 6.61 Å². The first-order valence-electron chi connectivity index (χ1n) is 6.57. The van der Waals surface area contributed by atoms with Crippen molar-refractivity contribution in [3.05, 3.63) is 34.9 Å². The Morgan fingerprint density at radius 2 is 2.22 bits per heavy atom. The number of carbonyl (C=O) groups is 1. The quantitative estimate of drug-likeness (QED) is 0.767. The topological polar surface area (TPSA) is 29.5 Å². The lowest BCUT2D eigenvalue weighted by Gasteiger charge is -2.31. The highest BCUT2D eigenvalue weighted by atomic mass is 16.5. The number of Topliss-reactive ketones (excluding diaryl/α,β-unsaturated/α-hetero) is 1. The molecular weight excluding hydrogens is 226 g/mol. The Hall–Kier alpha value is -1.19. The van der Waals surface area contributed by atoms with Crippen molar-refractivity contribution in [1.82, 2.24) is 4.90 Å². The van der Waals surface area contributed by atoms with Crippen LogP contribution >= 0.6 is 0 Å². The molecule has 0 bridgehead atoms. The molecule has 1 aromatic carbocycles. The van der Waals surface area contributed by atoms with Crippen molar-refractivity contribution < 1.29 is 9.53 Å². The number of carbonyl (C=O) groups excluding carboxylic acids is 1. The average Bonchev–Trinajstić information content (AvgIpc) is 2.38. The maximum atomic E-state index is 12.4. The fraction of sp³-hybridized carbons (Fsp3) is 0.533. The smallest absolute Gasteiger partial charge is 0.193 e. The van der Waals surface area contributed by atoms with Gasteiger partial charge in [0.25, 0.3) is 0 Å². The van der Waals surface area contributed by atoms with E-state index < -0.39 is 0 Å². The summed E-state index contributed by atoms with van der Waals surface area (Å²) >= 11 is 0. The maximum absolute atomic E-state index is 12.4. The van der Waals surface area contributed by atoms with E-state index in [4.69, 9.17) is 4.74 Å². The molecule has 0 saturated carbocycles. The van der Waals surface area contributed by atoms with Crippen molar-refractivity contribution >= 4 is 5.78 Å². The zero-order valence-corrected chi connectivity index (χ0v) is 11.4. The zero-order chi connectivity index (χ0) is 13.1. The van der Waals surface area contributed by atoms with Gasteiger partial charge in [0.1, 0.15) is 6.10 Å². The molecule has 1 unspecified atom stereocenters. The number of aryl methyl sites for hydroxylation is 2. The van der Waals surface area contributed by atoms with Crippen molar-refractivity contribution in [2.45, 2.75) is 26.9 Å². The van der Waals surface area contributed by atoms with Crippen molar-refractivity contribution in [3.63, 3.8) is 0 Å². The number of hydrogen-bond donors (Lipinski definition) is 0. The Balaban J connectivity index is 2.15. The molecule has 98 valence electrons. The largest absolute Gasteiger partial charge is 0.367 e. The van der Waals surface area contributed by atoms with Crippen LogP contribution in [0, 0.1) is 13.8 Å². The first-order valence-corrected chi connectivity index (χ1v) is 6.57. The van der Waals surface area contributed by atoms with Gasteiger partial charge in [-0.25, -0.2) is 0 Å². The molecule has 18 heavy (non-hydrogen) atoms. The summed E-state index contributed by atoms with van der Waals surface area (Å²) < 4.78 is 5.62. The number of rotatable bonds is 3. The first-order chi connectivity index (χ1) is 8.61. The van der Waals surface area contributed by atoms with E-state index in [-0.39, 0.29) is 11.9 Å². The molecular formula is C15H21NO2. The van der Waals surface area contributed by atoms with E-state index in [0.717, 1.165) is 24.2 Å². The number of ether oxygens (including phenoxy) is 1. The Morgan fingerprint density at radius 3 is 2.89 bits per heavy atom. The van der Waals surface area contributed by atoms with Crippen molar-refractivity contribution in [3.8, 4) is 0 Å². The molecule has 3 heteroatoms. The number of benzene rings is 1. The van der Waals surface area contributed by atoms with Crippen LogP contribution in [-0.4, -0.2) is 43.0 Å². The molecule has 3 nitrogen and oxygen atoms in total. The molecule has 1 atom stereocenters. The van der Waals surface area contributed by atoms with Gasteiger partial charge in [-0.2, -0.15) is 0 Å². The highest BCUT2D eigenvalue weighted by molar-refractivity contribution is 6.01. The normalized spacial score (nSPS) is 20.9. The van der Waals surface area contributed by atoms with Gasteiger partial charge in [0, 0.05) is 18.7 Å². The molecule has 0 aliphatic carbocycles. The molecule has 2 rings (SSSR count). The van der Waals surface area contributed by atoms with Crippen LogP contribution in [0.15, 0.2) is 18.2 Å². The van der Waals surface area contributed by atoms with E-state index in [0.29, 0.717) is 13.2 Å². The third-order valence-corrected chi connectivity index (χ3v) is 3.54. The highest BCUT2D eigenvalue weighted by Gasteiger charge is 2.27. The van der Waals surface area contributed by atoms with Gasteiger partial charge >= 0.3 is 0 Å². The van der Waals surface area contributed by atoms with Gasteiger partial charge in [-0.05, 0) is 26.0 Å². The van der Waals surface area contributed by atoms with Gasteiger partial charge in [-0.15, -0.1) is 0 Å². The summed E-state index contributed by atoms with van der Waals surface area (Å²) in [5.41, 5.74) is 3.02. The zero-order valence-electron chi connectivity index (χ0n) is 11.4. The predicted octanol–water partition coefficient (Wildman–Crippen LogP) is 2.21. The number of morpholine rings is 1. The molecule has 1 saturated heterocycles. The fourth-order valence-electron chi connectivity index (χ4n) is 2.41. The van der Waals surface area contributed by atoms with Crippen molar-refractivity contribution in [2.75, 3.05) is 26.2 Å². The van der Waals surface area contributed by atoms with E-state index in [1.54, 1.807) is 0 Å². The number of likely N-dealkylation sites (N-methyl/N-ethyl adjacent to an activating group) is 1. The van der Waals surface area contributed by atoms with Crippen LogP contribution in [0.25, 0.3) is 0 Å². The summed E-state index contributed by atoms with van der Waals surface area (Å²) in [5.74, 6) is 0.116. The molecule has 1 aromatic rings. The van der Waals surface area contributed by atoms with Gasteiger partial charge in [-0.3, -0.25) is 9.69 Å². The minimum Gasteiger partial charge on any atom is -0.367 e. The van der Waals surface area contributed by atoms with E-state index in [9.17, 15) is 4.79 Å². The van der Waals surface area contributed by atoms with Crippen molar-refractivity contribution in [1.29, 1.82) is 0 Å². The molecule has 1 heterocycles. The first kappa shape index (κ1) is 13.2. The SMILES string of the molecule is CCN1CCOC(C(=O)c2ccc(C)cc2C)C1. The molecule has 0 radical (unpaired) electrons. The minimum absolute atomic E-state index is 0.116. The van der Waals surface area contributed by atoms with E-state index in [1.165, 1.54) is 5.56 Å². The molecule has 1 fully saturated rings. The summed E-state index contributed by atoms with van der Waals surface area (Å²) in [6.07, 6.45) is -0.305. The second-order valence-corrected chi connectivity index (χ2v) is 4.94. The lowest BCUT2D eigenvalue weighted by molar-refractivity contribution is -0.0149. The van der Waals surface area contributed by atoms with Crippen LogP contribution in [0.1, 0.15) is 28.4 Å². The fourth-order valence-corrected chi connectivity index (χ4v) is 2.41. The van der Waals surface area contributed by atoms with Gasteiger partial charge in [-0.1, -0.05) is 30.7 Å². The van der Waals surface area contributed by atoms with Crippen molar-refractivity contribution in [2.24, 2.45) is 0 Å². The number of hydrogen-bond acceptors (Lipinski definition) is 3. The second-order valence-electron chi connectivity index (χ2n) is 4.94. The van der Waals surface area contributed by atoms with E-state index in [1.807, 2.05) is 32.0 Å². The average molecular weight is 247 g/mol. The van der Waals surface area contributed by atoms with Gasteiger partial charge in [0.2, 0.25) is 0 Å². The third-order valence-electron chi connectivity index (χ3n) is 3.54. The van der Waals surface area contributed by atoms with Crippen LogP contribution in [0.4, 0.5) is 0 Å². The van der Waals surface area contributed by atoms with E-state index >= 15 is 0 Å². The Morgan fingerprint density at radius 1 is 1.44 bits per heavy atom. The maximum Gasteiger partial charge on any atom is 0.193 e. The number of ketones is 1. The Kier molecular flexibility index (Phi) is 4.15. The summed E-state index contributed by atoms with van der Waals surface area (Å²) in [7, 11) is 0. The molecule has 0 N–H and O–H groups in total. The summed E-state index contributed by atoms with van der Waals surface area (Å²) in [6, 6.07) is 5.95. The highest BCUT2D eigenvalue weighted by Crippen LogP contribution is 2.16. The van der Waals surface area contributed by atoms with E-state index in [2.05, 4.69) is 11.8 Å². The molecule has 0 aromatic heterocycles. The second kappa shape index (κ2) is 5.63. The number of nitrogens with zero attached hydrogens (tertiary/aromatic N) is 1. The molecule has 0 amide bonds. The molecule has 1 aliphatic rings. The predicted molar refractivity (Wildman–Crippen MR) is 72.1 cm³/mol. The third kappa shape index (κ3) is 2.79. The summed E-state index contributed by atoms with van der Waals surface area (Å²) in [4.78, 5) is 14.7. The van der Waals surface area contributed by atoms with Crippen LogP contribution in [0.2, 0.25) is 0 Å². The van der Waals surface area contributed by atoms with Crippen LogP contribution in [-0.2, 0) is 4.74 Å². The molecule has 0 spiro atoms.